The molecule has 1 saturated carbocycles. The lowest BCUT2D eigenvalue weighted by Gasteiger charge is -2.30. The van der Waals surface area contributed by atoms with E-state index in [4.69, 9.17) is 10.3 Å². The first kappa shape index (κ1) is 15.3. The molecule has 0 aliphatic heterocycles. The Morgan fingerprint density at radius 3 is 2.70 bits per heavy atom. The normalized spacial score (nSPS) is 25.6. The smallest absolute Gasteiger partial charge is 0.339 e. The molecule has 2 N–H and O–H groups in total. The highest BCUT2D eigenvalue weighted by Gasteiger charge is 2.47. The Kier molecular flexibility index (Phi) is 4.67. The molecule has 0 bridgehead atoms. The lowest BCUT2D eigenvalue weighted by atomic mass is 9.78. The molecule has 2 rings (SSSR count). The second kappa shape index (κ2) is 6.11. The van der Waals surface area contributed by atoms with E-state index in [2.05, 4.69) is 10.1 Å². The van der Waals surface area contributed by atoms with E-state index in [0.29, 0.717) is 25.1 Å². The zero-order valence-electron chi connectivity index (χ0n) is 11.5. The molecule has 1 aliphatic carbocycles. The van der Waals surface area contributed by atoms with Gasteiger partial charge < -0.3 is 10.3 Å². The zero-order chi connectivity index (χ0) is 14.8. The minimum atomic E-state index is -4.22. The summed E-state index contributed by atoms with van der Waals surface area (Å²) >= 11 is 0. The van der Waals surface area contributed by atoms with Crippen LogP contribution in [0.1, 0.15) is 69.1 Å². The number of nitrogens with two attached hydrogens (primary N) is 1. The van der Waals surface area contributed by atoms with E-state index >= 15 is 0 Å². The van der Waals surface area contributed by atoms with Crippen LogP contribution in [0, 0.1) is 5.92 Å². The van der Waals surface area contributed by atoms with Crippen molar-refractivity contribution in [2.24, 2.45) is 11.7 Å². The van der Waals surface area contributed by atoms with Gasteiger partial charge in [-0.05, 0) is 19.3 Å². The molecule has 0 saturated heterocycles. The van der Waals surface area contributed by atoms with Crippen molar-refractivity contribution in [3.05, 3.63) is 11.7 Å². The molecule has 0 aromatic carbocycles. The van der Waals surface area contributed by atoms with Crippen LogP contribution in [0.15, 0.2) is 4.52 Å². The molecular weight excluding hydrogens is 271 g/mol. The van der Waals surface area contributed by atoms with Gasteiger partial charge in [-0.3, -0.25) is 0 Å². The minimum Gasteiger partial charge on any atom is -0.339 e. The molecule has 7 heteroatoms. The summed E-state index contributed by atoms with van der Waals surface area (Å²) in [5.41, 5.74) is 5.86. The highest BCUT2D eigenvalue weighted by molar-refractivity contribution is 5.02. The lowest BCUT2D eigenvalue weighted by Crippen LogP contribution is -2.31. The third-order valence-corrected chi connectivity index (χ3v) is 3.89. The fourth-order valence-corrected chi connectivity index (χ4v) is 2.81. The third-order valence-electron chi connectivity index (χ3n) is 3.89. The maximum Gasteiger partial charge on any atom is 0.392 e. The van der Waals surface area contributed by atoms with Gasteiger partial charge in [0.25, 0.3) is 0 Å². The van der Waals surface area contributed by atoms with Crippen LogP contribution in [0.3, 0.4) is 0 Å². The topological polar surface area (TPSA) is 64.9 Å². The molecular formula is C13H20F3N3O. The summed E-state index contributed by atoms with van der Waals surface area (Å²) < 4.78 is 44.2. The Bertz CT molecular complexity index is 433. The van der Waals surface area contributed by atoms with Gasteiger partial charge in [0.05, 0.1) is 12.0 Å². The molecule has 1 fully saturated rings. The predicted molar refractivity (Wildman–Crippen MR) is 66.9 cm³/mol. The van der Waals surface area contributed by atoms with Crippen LogP contribution in [0.4, 0.5) is 13.2 Å². The van der Waals surface area contributed by atoms with Gasteiger partial charge in [0.15, 0.2) is 5.82 Å². The number of halogens is 3. The lowest BCUT2D eigenvalue weighted by molar-refractivity contribution is -0.189. The molecule has 0 amide bonds. The maximum absolute atomic E-state index is 13.0. The van der Waals surface area contributed by atoms with E-state index in [9.17, 15) is 13.2 Å². The standard InChI is InChI=1S/C13H20F3N3O/c1-2-5-10(17)11-18-12(20-19-11)8-6-3-4-7-9(8)13(14,15)16/h8-10H,2-7,17H2,1H3. The van der Waals surface area contributed by atoms with Gasteiger partial charge in [0.1, 0.15) is 0 Å². The van der Waals surface area contributed by atoms with Gasteiger partial charge in [0, 0.05) is 5.92 Å². The number of nitrogens with zero attached hydrogens (tertiary/aromatic N) is 2. The third kappa shape index (κ3) is 3.31. The van der Waals surface area contributed by atoms with Gasteiger partial charge >= 0.3 is 6.18 Å². The van der Waals surface area contributed by atoms with E-state index in [1.807, 2.05) is 6.92 Å². The van der Waals surface area contributed by atoms with Crippen molar-refractivity contribution in [3.8, 4) is 0 Å². The van der Waals surface area contributed by atoms with Gasteiger partial charge in [-0.1, -0.05) is 31.3 Å². The predicted octanol–water partition coefficient (Wildman–Crippen LogP) is 3.71. The van der Waals surface area contributed by atoms with E-state index in [0.717, 1.165) is 12.8 Å². The molecule has 4 nitrogen and oxygen atoms in total. The Morgan fingerprint density at radius 2 is 2.05 bits per heavy atom. The van der Waals surface area contributed by atoms with Crippen LogP contribution >= 0.6 is 0 Å². The minimum absolute atomic E-state index is 0.0913. The van der Waals surface area contributed by atoms with Crippen LogP contribution in [0.5, 0.6) is 0 Å². The SMILES string of the molecule is CCCC(N)c1noc(C2CCCCC2C(F)(F)F)n1. The van der Waals surface area contributed by atoms with Gasteiger partial charge in [-0.25, -0.2) is 0 Å². The fraction of sp³-hybridized carbons (Fsp3) is 0.846. The van der Waals surface area contributed by atoms with Crippen LogP contribution in [0.2, 0.25) is 0 Å². The molecule has 3 atom stereocenters. The second-order valence-corrected chi connectivity index (χ2v) is 5.43. The number of hydrogen-bond donors (Lipinski definition) is 1. The molecule has 1 aliphatic rings. The van der Waals surface area contributed by atoms with Crippen LogP contribution in [0.25, 0.3) is 0 Å². The summed E-state index contributed by atoms with van der Waals surface area (Å²) in [4.78, 5) is 4.11. The summed E-state index contributed by atoms with van der Waals surface area (Å²) in [6.07, 6.45) is -0.744. The fourth-order valence-electron chi connectivity index (χ4n) is 2.81. The summed E-state index contributed by atoms with van der Waals surface area (Å²) in [5, 5.41) is 3.75. The van der Waals surface area contributed by atoms with Gasteiger partial charge in [-0.2, -0.15) is 18.2 Å². The first-order chi connectivity index (χ1) is 9.43. The van der Waals surface area contributed by atoms with E-state index < -0.39 is 18.0 Å². The molecule has 114 valence electrons. The molecule has 3 unspecified atom stereocenters. The van der Waals surface area contributed by atoms with E-state index in [1.54, 1.807) is 0 Å². The molecule has 1 aromatic rings. The Balaban J connectivity index is 2.16. The van der Waals surface area contributed by atoms with Crippen molar-refractivity contribution < 1.29 is 17.7 Å². The number of alkyl halides is 3. The summed E-state index contributed by atoms with van der Waals surface area (Å²) in [6, 6.07) is -0.370. The van der Waals surface area contributed by atoms with E-state index in [1.165, 1.54) is 0 Å². The Labute approximate surface area is 115 Å². The quantitative estimate of drug-likeness (QED) is 0.918. The van der Waals surface area contributed by atoms with Crippen molar-refractivity contribution >= 4 is 0 Å². The van der Waals surface area contributed by atoms with Crippen molar-refractivity contribution in [1.82, 2.24) is 10.1 Å². The first-order valence-electron chi connectivity index (χ1n) is 7.09. The molecule has 1 aromatic heterocycles. The largest absolute Gasteiger partial charge is 0.392 e. The molecule has 0 radical (unpaired) electrons. The number of rotatable bonds is 4. The second-order valence-electron chi connectivity index (χ2n) is 5.43. The monoisotopic (exact) mass is 291 g/mol. The molecule has 0 spiro atoms. The summed E-state index contributed by atoms with van der Waals surface area (Å²) in [6.45, 7) is 1.97. The van der Waals surface area contributed by atoms with Crippen molar-refractivity contribution in [1.29, 1.82) is 0 Å². The van der Waals surface area contributed by atoms with E-state index in [-0.39, 0.29) is 18.4 Å². The Morgan fingerprint density at radius 1 is 1.35 bits per heavy atom. The van der Waals surface area contributed by atoms with Gasteiger partial charge in [0.2, 0.25) is 5.89 Å². The average Bonchev–Trinajstić information content (AvgIpc) is 2.87. The first-order valence-corrected chi connectivity index (χ1v) is 7.09. The van der Waals surface area contributed by atoms with Crippen molar-refractivity contribution in [3.63, 3.8) is 0 Å². The van der Waals surface area contributed by atoms with Crippen molar-refractivity contribution in [2.75, 3.05) is 0 Å². The van der Waals surface area contributed by atoms with Crippen LogP contribution in [-0.2, 0) is 0 Å². The summed E-state index contributed by atoms with van der Waals surface area (Å²) in [7, 11) is 0. The average molecular weight is 291 g/mol. The zero-order valence-corrected chi connectivity index (χ0v) is 11.5. The molecule has 20 heavy (non-hydrogen) atoms. The van der Waals surface area contributed by atoms with Crippen LogP contribution in [-0.4, -0.2) is 16.3 Å². The highest BCUT2D eigenvalue weighted by Crippen LogP contribution is 2.46. The summed E-state index contributed by atoms with van der Waals surface area (Å²) in [5.74, 6) is -1.70. The number of hydrogen-bond acceptors (Lipinski definition) is 4. The number of aromatic nitrogens is 2. The van der Waals surface area contributed by atoms with Crippen molar-refractivity contribution in [2.45, 2.75) is 63.6 Å². The maximum atomic E-state index is 13.0. The molecule has 1 heterocycles. The Hall–Kier alpha value is -1.11. The van der Waals surface area contributed by atoms with Gasteiger partial charge in [-0.15, -0.1) is 0 Å². The highest BCUT2D eigenvalue weighted by atomic mass is 19.4. The van der Waals surface area contributed by atoms with Crippen LogP contribution < -0.4 is 5.73 Å².